The SMILES string of the molecule is C=C.CC.CC.CC.CC(=O)CCCC(C)C.CC(Cc1c[nH]c2ccccc12)C(=O)NCC1=CC(C(F)(F)F)=CCC(C(F)(F)F)=C1.CCC.CN. The molecule has 1 aromatic carbocycles. The quantitative estimate of drug-likeness (QED) is 0.176. The number of carbonyl (C=O) groups is 2. The van der Waals surface area contributed by atoms with Gasteiger partial charge in [0.2, 0.25) is 5.91 Å². The first-order valence-corrected chi connectivity index (χ1v) is 18.6. The molecular formula is C42H71F6N3O2. The van der Waals surface area contributed by atoms with Gasteiger partial charge in [-0.3, -0.25) is 4.79 Å². The van der Waals surface area contributed by atoms with Gasteiger partial charge in [-0.05, 0) is 68.5 Å². The third-order valence-electron chi connectivity index (χ3n) is 6.36. The molecule has 1 amide bonds. The van der Waals surface area contributed by atoms with Crippen LogP contribution in [0.25, 0.3) is 10.9 Å². The molecule has 1 unspecified atom stereocenters. The first-order valence-electron chi connectivity index (χ1n) is 18.6. The van der Waals surface area contributed by atoms with Gasteiger partial charge in [0.15, 0.2) is 0 Å². The second kappa shape index (κ2) is 35.4. The summed E-state index contributed by atoms with van der Waals surface area (Å²) in [6.07, 6.45) is -2.21. The number of aromatic nitrogens is 1. The number of nitrogens with two attached hydrogens (primary N) is 1. The number of ketones is 1. The van der Waals surface area contributed by atoms with E-state index in [0.29, 0.717) is 30.4 Å². The summed E-state index contributed by atoms with van der Waals surface area (Å²) in [4.78, 5) is 26.0. The molecule has 308 valence electrons. The van der Waals surface area contributed by atoms with Crippen LogP contribution >= 0.6 is 0 Å². The minimum absolute atomic E-state index is 0.263. The van der Waals surface area contributed by atoms with Crippen molar-refractivity contribution in [3.63, 3.8) is 0 Å². The van der Waals surface area contributed by atoms with E-state index < -0.39 is 48.3 Å². The van der Waals surface area contributed by atoms with Gasteiger partial charge in [-0.1, -0.05) is 113 Å². The van der Waals surface area contributed by atoms with Gasteiger partial charge in [0.25, 0.3) is 0 Å². The molecule has 1 heterocycles. The standard InChI is InChI=1S/C22H20F6N2O.C8H16O.C3H8.3C2H6.C2H4.CH5N/c1-13(8-15-12-29-19-5-3-2-4-18(15)19)20(31)30-11-14-9-16(21(23,24)25)6-7-17(10-14)22(26,27)28;1-7(2)5-4-6-8(3)9;1-3-2;5*1-2/h2-6,9-10,12-13,29H,7-8,11H2,1H3,(H,30,31);7H,4-6H2,1-3H3;3H2,1-2H3;3*1-2H3;1-2H2;2H2,1H3. The zero-order valence-corrected chi connectivity index (χ0v) is 34.8. The summed E-state index contributed by atoms with van der Waals surface area (Å²) >= 11 is 0. The average Bonchev–Trinajstić information content (AvgIpc) is 3.38. The normalized spacial score (nSPS) is 12.1. The van der Waals surface area contributed by atoms with Crippen molar-refractivity contribution in [3.8, 4) is 0 Å². The summed E-state index contributed by atoms with van der Waals surface area (Å²) < 4.78 is 78.5. The molecule has 1 aromatic heterocycles. The van der Waals surface area contributed by atoms with Crippen LogP contribution in [-0.4, -0.2) is 42.6 Å². The number of alkyl halides is 6. The molecule has 1 aliphatic carbocycles. The largest absolute Gasteiger partial charge is 0.416 e. The zero-order chi connectivity index (χ0) is 42.8. The number of fused-ring (bicyclic) bond motifs is 1. The van der Waals surface area contributed by atoms with Crippen molar-refractivity contribution in [1.82, 2.24) is 10.3 Å². The Labute approximate surface area is 317 Å². The van der Waals surface area contributed by atoms with Crippen molar-refractivity contribution in [2.24, 2.45) is 17.6 Å². The highest BCUT2D eigenvalue weighted by Gasteiger charge is 2.37. The van der Waals surface area contributed by atoms with Crippen LogP contribution in [-0.2, 0) is 16.0 Å². The van der Waals surface area contributed by atoms with Crippen LogP contribution in [0.2, 0.25) is 0 Å². The van der Waals surface area contributed by atoms with Gasteiger partial charge >= 0.3 is 12.4 Å². The number of para-hydroxylation sites is 1. The molecule has 0 saturated heterocycles. The highest BCUT2D eigenvalue weighted by Crippen LogP contribution is 2.35. The molecule has 3 rings (SSSR count). The van der Waals surface area contributed by atoms with Gasteiger partial charge in [-0.25, -0.2) is 0 Å². The fraction of sp³-hybridized carbons (Fsp3) is 0.571. The van der Waals surface area contributed by atoms with E-state index in [1.54, 1.807) is 20.0 Å². The Balaban J connectivity index is -0.000000291. The topological polar surface area (TPSA) is 88.0 Å². The number of halogens is 6. The lowest BCUT2D eigenvalue weighted by Gasteiger charge is -2.14. The highest BCUT2D eigenvalue weighted by molar-refractivity contribution is 5.85. The van der Waals surface area contributed by atoms with E-state index in [4.69, 9.17) is 0 Å². The smallest absolute Gasteiger partial charge is 0.361 e. The maximum Gasteiger partial charge on any atom is 0.416 e. The van der Waals surface area contributed by atoms with E-state index >= 15 is 0 Å². The molecule has 0 aliphatic heterocycles. The maximum absolute atomic E-state index is 13.1. The minimum atomic E-state index is -4.78. The lowest BCUT2D eigenvalue weighted by Crippen LogP contribution is -2.31. The number of benzene rings is 1. The Morgan fingerprint density at radius 3 is 1.85 bits per heavy atom. The van der Waals surface area contributed by atoms with Gasteiger partial charge in [-0.2, -0.15) is 26.3 Å². The number of rotatable bonds is 9. The van der Waals surface area contributed by atoms with Crippen molar-refractivity contribution in [2.75, 3.05) is 13.6 Å². The number of amides is 1. The molecular weight excluding hydrogens is 692 g/mol. The third kappa shape index (κ3) is 28.6. The Hall–Kier alpha value is -3.60. The summed E-state index contributed by atoms with van der Waals surface area (Å²) in [6.45, 7) is 29.5. The number of H-pyrrole nitrogens is 1. The third-order valence-corrected chi connectivity index (χ3v) is 6.36. The number of hydrogen-bond donors (Lipinski definition) is 3. The minimum Gasteiger partial charge on any atom is -0.361 e. The average molecular weight is 764 g/mol. The Morgan fingerprint density at radius 1 is 0.887 bits per heavy atom. The summed E-state index contributed by atoms with van der Waals surface area (Å²) in [5, 5.41) is 3.41. The van der Waals surface area contributed by atoms with Gasteiger partial charge in [-0.15, -0.1) is 13.2 Å². The molecule has 1 atom stereocenters. The van der Waals surface area contributed by atoms with Crippen LogP contribution in [0, 0.1) is 11.8 Å². The van der Waals surface area contributed by atoms with Gasteiger partial charge in [0.1, 0.15) is 5.78 Å². The molecule has 2 aromatic rings. The fourth-order valence-corrected chi connectivity index (χ4v) is 4.15. The van der Waals surface area contributed by atoms with Crippen LogP contribution in [0.4, 0.5) is 26.3 Å². The number of Topliss-reactive ketones (excluding diaryl/α,β-unsaturated/α-hetero) is 1. The van der Waals surface area contributed by atoms with E-state index in [1.165, 1.54) is 19.9 Å². The summed E-state index contributed by atoms with van der Waals surface area (Å²) in [5.74, 6) is 0.0594. The monoisotopic (exact) mass is 764 g/mol. The Morgan fingerprint density at radius 2 is 1.40 bits per heavy atom. The molecule has 11 heteroatoms. The number of hydrogen-bond acceptors (Lipinski definition) is 3. The number of carbonyl (C=O) groups excluding carboxylic acids is 2. The molecule has 0 saturated carbocycles. The van der Waals surface area contributed by atoms with E-state index in [9.17, 15) is 35.9 Å². The lowest BCUT2D eigenvalue weighted by molar-refractivity contribution is -0.124. The summed E-state index contributed by atoms with van der Waals surface area (Å²) in [7, 11) is 1.50. The number of aromatic amines is 1. The predicted molar refractivity (Wildman–Crippen MR) is 216 cm³/mol. The lowest BCUT2D eigenvalue weighted by atomic mass is 9.99. The van der Waals surface area contributed by atoms with Gasteiger partial charge < -0.3 is 20.8 Å². The van der Waals surface area contributed by atoms with Crippen LogP contribution < -0.4 is 11.1 Å². The molecule has 0 spiro atoms. The number of allylic oxidation sites excluding steroid dienone is 4. The Kier molecular flexibility index (Phi) is 39.2. The van der Waals surface area contributed by atoms with Crippen molar-refractivity contribution in [1.29, 1.82) is 0 Å². The van der Waals surface area contributed by atoms with Crippen LogP contribution in [0.15, 0.2) is 78.6 Å². The molecule has 4 N–H and O–H groups in total. The predicted octanol–water partition coefficient (Wildman–Crippen LogP) is 13.0. The second-order valence-corrected chi connectivity index (χ2v) is 11.1. The van der Waals surface area contributed by atoms with Crippen molar-refractivity contribution >= 4 is 22.6 Å². The molecule has 5 nitrogen and oxygen atoms in total. The van der Waals surface area contributed by atoms with E-state index in [0.717, 1.165) is 35.2 Å². The fourth-order valence-electron chi connectivity index (χ4n) is 4.15. The highest BCUT2D eigenvalue weighted by atomic mass is 19.4. The van der Waals surface area contributed by atoms with Crippen molar-refractivity contribution in [2.45, 2.75) is 134 Å². The Bertz CT molecular complexity index is 1290. The molecule has 0 bridgehead atoms. The van der Waals surface area contributed by atoms with Crippen LogP contribution in [0.1, 0.15) is 121 Å². The van der Waals surface area contributed by atoms with Crippen LogP contribution in [0.5, 0.6) is 0 Å². The van der Waals surface area contributed by atoms with E-state index in [-0.39, 0.29) is 5.57 Å². The summed E-state index contributed by atoms with van der Waals surface area (Å²) in [6, 6.07) is 7.51. The maximum atomic E-state index is 13.1. The van der Waals surface area contributed by atoms with Crippen molar-refractivity contribution < 1.29 is 35.9 Å². The van der Waals surface area contributed by atoms with Gasteiger partial charge in [0, 0.05) is 41.6 Å². The van der Waals surface area contributed by atoms with Gasteiger partial charge in [0.05, 0.1) is 5.57 Å². The zero-order valence-electron chi connectivity index (χ0n) is 34.8. The molecule has 0 radical (unpaired) electrons. The van der Waals surface area contributed by atoms with E-state index in [1.807, 2.05) is 65.8 Å². The molecule has 1 aliphatic rings. The molecule has 0 fully saturated rings. The molecule has 53 heavy (non-hydrogen) atoms. The second-order valence-electron chi connectivity index (χ2n) is 11.1. The van der Waals surface area contributed by atoms with Crippen LogP contribution in [0.3, 0.4) is 0 Å². The first-order chi connectivity index (χ1) is 25.0. The first kappa shape index (κ1) is 58.7. The van der Waals surface area contributed by atoms with Crippen molar-refractivity contribution in [3.05, 3.63) is 84.1 Å². The summed E-state index contributed by atoms with van der Waals surface area (Å²) in [5.41, 5.74) is 3.78. The number of nitrogens with one attached hydrogen (secondary N) is 2. The van der Waals surface area contributed by atoms with E-state index in [2.05, 4.69) is 56.9 Å².